The largest absolute Gasteiger partial charge is 0.490 e. The Hall–Kier alpha value is -3.39. The second-order valence-corrected chi connectivity index (χ2v) is 8.59. The average molecular weight is 453 g/mol. The Morgan fingerprint density at radius 2 is 2.09 bits per heavy atom. The predicted molar refractivity (Wildman–Crippen MR) is 120 cm³/mol. The minimum atomic E-state index is -1.10. The maximum atomic E-state index is 12.8. The molecule has 1 aliphatic rings. The molecule has 1 N–H and O–H groups in total. The molecule has 3 aromatic heterocycles. The molecular weight excluding hydrogens is 432 g/mol. The SMILES string of the molecule is CC(C(=O)O)c1nn(Cc2cn3cc(OCC4CC4)c(Cl)cc3n2)c2ccccc2c1=O. The molecule has 3 heterocycles. The second kappa shape index (κ2) is 7.94. The van der Waals surface area contributed by atoms with Gasteiger partial charge >= 0.3 is 5.97 Å². The van der Waals surface area contributed by atoms with Gasteiger partial charge in [-0.2, -0.15) is 5.10 Å². The molecule has 8 nitrogen and oxygen atoms in total. The molecule has 0 spiro atoms. The van der Waals surface area contributed by atoms with Crippen LogP contribution in [0.25, 0.3) is 16.6 Å². The average Bonchev–Trinajstić information content (AvgIpc) is 3.53. The van der Waals surface area contributed by atoms with E-state index in [0.29, 0.717) is 45.5 Å². The number of nitrogens with zero attached hydrogens (tertiary/aromatic N) is 4. The van der Waals surface area contributed by atoms with Crippen molar-refractivity contribution in [3.8, 4) is 5.75 Å². The molecule has 5 rings (SSSR count). The quantitative estimate of drug-likeness (QED) is 0.459. The molecule has 0 amide bonds. The van der Waals surface area contributed by atoms with Crippen molar-refractivity contribution in [2.45, 2.75) is 32.2 Å². The summed E-state index contributed by atoms with van der Waals surface area (Å²) in [6.45, 7) is 2.38. The number of aromatic nitrogens is 4. The van der Waals surface area contributed by atoms with Crippen molar-refractivity contribution in [1.82, 2.24) is 19.2 Å². The van der Waals surface area contributed by atoms with Crippen molar-refractivity contribution in [3.63, 3.8) is 0 Å². The highest BCUT2D eigenvalue weighted by Gasteiger charge is 2.23. The van der Waals surface area contributed by atoms with Gasteiger partial charge in [0, 0.05) is 17.6 Å². The molecule has 1 atom stereocenters. The first-order valence-corrected chi connectivity index (χ1v) is 10.8. The van der Waals surface area contributed by atoms with E-state index in [2.05, 4.69) is 10.1 Å². The van der Waals surface area contributed by atoms with Gasteiger partial charge < -0.3 is 14.2 Å². The number of halogens is 1. The number of hydrogen-bond donors (Lipinski definition) is 1. The van der Waals surface area contributed by atoms with Crippen LogP contribution in [0, 0.1) is 5.92 Å². The van der Waals surface area contributed by atoms with Crippen LogP contribution in [-0.4, -0.2) is 36.8 Å². The van der Waals surface area contributed by atoms with Gasteiger partial charge in [0.2, 0.25) is 5.43 Å². The molecule has 1 unspecified atom stereocenters. The Morgan fingerprint density at radius 1 is 1.31 bits per heavy atom. The summed E-state index contributed by atoms with van der Waals surface area (Å²) >= 11 is 6.37. The number of carboxylic acids is 1. The molecule has 4 aromatic rings. The summed E-state index contributed by atoms with van der Waals surface area (Å²) in [5.74, 6) is -0.899. The number of carboxylic acid groups (broad SMARTS) is 1. The monoisotopic (exact) mass is 452 g/mol. The van der Waals surface area contributed by atoms with E-state index in [1.165, 1.54) is 19.8 Å². The van der Waals surface area contributed by atoms with Crippen molar-refractivity contribution >= 4 is 34.1 Å². The molecule has 32 heavy (non-hydrogen) atoms. The molecule has 0 bridgehead atoms. The lowest BCUT2D eigenvalue weighted by Gasteiger charge is -2.13. The topological polar surface area (TPSA) is 98.7 Å². The second-order valence-electron chi connectivity index (χ2n) is 8.19. The van der Waals surface area contributed by atoms with Crippen molar-refractivity contribution < 1.29 is 14.6 Å². The van der Waals surface area contributed by atoms with Crippen LogP contribution < -0.4 is 10.2 Å². The molecular formula is C23H21ClN4O4. The fourth-order valence-electron chi connectivity index (χ4n) is 3.65. The van der Waals surface area contributed by atoms with Crippen LogP contribution in [0.1, 0.15) is 37.1 Å². The third-order valence-electron chi connectivity index (χ3n) is 5.71. The summed E-state index contributed by atoms with van der Waals surface area (Å²) in [7, 11) is 0. The van der Waals surface area contributed by atoms with Crippen LogP contribution in [0.2, 0.25) is 5.02 Å². The van der Waals surface area contributed by atoms with Crippen molar-refractivity contribution in [2.24, 2.45) is 5.92 Å². The summed E-state index contributed by atoms with van der Waals surface area (Å²) in [5.41, 5.74) is 1.59. The number of para-hydroxylation sites is 1. The van der Waals surface area contributed by atoms with Gasteiger partial charge in [0.25, 0.3) is 0 Å². The zero-order valence-corrected chi connectivity index (χ0v) is 18.1. The highest BCUT2D eigenvalue weighted by Crippen LogP contribution is 2.32. The van der Waals surface area contributed by atoms with E-state index in [4.69, 9.17) is 16.3 Å². The van der Waals surface area contributed by atoms with E-state index in [-0.39, 0.29) is 17.7 Å². The third kappa shape index (κ3) is 3.82. The first kappa shape index (κ1) is 20.5. The minimum Gasteiger partial charge on any atom is -0.490 e. The van der Waals surface area contributed by atoms with E-state index in [0.717, 1.165) is 0 Å². The first-order chi connectivity index (χ1) is 15.4. The summed E-state index contributed by atoms with van der Waals surface area (Å²) in [4.78, 5) is 29.0. The van der Waals surface area contributed by atoms with Gasteiger partial charge in [-0.15, -0.1) is 0 Å². The van der Waals surface area contributed by atoms with Crippen molar-refractivity contribution in [1.29, 1.82) is 0 Å². The Kier molecular flexibility index (Phi) is 5.09. The fraction of sp³-hybridized carbons (Fsp3) is 0.304. The highest BCUT2D eigenvalue weighted by molar-refractivity contribution is 6.32. The van der Waals surface area contributed by atoms with Gasteiger partial charge in [0.1, 0.15) is 17.3 Å². The molecule has 0 aliphatic heterocycles. The zero-order valence-electron chi connectivity index (χ0n) is 17.4. The van der Waals surface area contributed by atoms with Gasteiger partial charge in [0.15, 0.2) is 5.75 Å². The predicted octanol–water partition coefficient (Wildman–Crippen LogP) is 3.72. The molecule has 1 aliphatic carbocycles. The number of benzene rings is 1. The molecule has 1 saturated carbocycles. The minimum absolute atomic E-state index is 0.00114. The van der Waals surface area contributed by atoms with Gasteiger partial charge in [-0.1, -0.05) is 23.7 Å². The number of aliphatic carboxylic acids is 1. The summed E-state index contributed by atoms with van der Waals surface area (Å²) in [6, 6.07) is 8.78. The zero-order chi connectivity index (χ0) is 22.4. The summed E-state index contributed by atoms with van der Waals surface area (Å²) in [5, 5.41) is 14.7. The van der Waals surface area contributed by atoms with Crippen molar-refractivity contribution in [3.05, 3.63) is 69.4 Å². The lowest BCUT2D eigenvalue weighted by atomic mass is 10.1. The van der Waals surface area contributed by atoms with E-state index >= 15 is 0 Å². The van der Waals surface area contributed by atoms with Gasteiger partial charge in [-0.05, 0) is 37.8 Å². The van der Waals surface area contributed by atoms with E-state index < -0.39 is 11.9 Å². The number of ether oxygens (including phenoxy) is 1. The molecule has 164 valence electrons. The van der Waals surface area contributed by atoms with Crippen LogP contribution in [0.15, 0.2) is 47.5 Å². The number of imidazole rings is 1. The summed E-state index contributed by atoms with van der Waals surface area (Å²) < 4.78 is 9.31. The van der Waals surface area contributed by atoms with Crippen molar-refractivity contribution in [2.75, 3.05) is 6.61 Å². The number of hydrogen-bond acceptors (Lipinski definition) is 5. The van der Waals surface area contributed by atoms with Crippen LogP contribution in [0.4, 0.5) is 0 Å². The van der Waals surface area contributed by atoms with Gasteiger partial charge in [0.05, 0.1) is 35.6 Å². The van der Waals surface area contributed by atoms with Crippen LogP contribution in [0.5, 0.6) is 5.75 Å². The lowest BCUT2D eigenvalue weighted by molar-refractivity contribution is -0.138. The first-order valence-electron chi connectivity index (χ1n) is 10.4. The number of pyridine rings is 1. The molecule has 1 fully saturated rings. The normalized spacial score (nSPS) is 14.7. The molecule has 9 heteroatoms. The Bertz CT molecular complexity index is 1410. The standard InChI is InChI=1S/C23H21ClN4O4/c1-13(23(30)31)21-22(29)16-4-2-3-5-18(16)28(26-21)10-15-9-27-11-19(32-12-14-6-7-14)17(24)8-20(27)25-15/h2-5,8-9,11,13-14H,6-7,10,12H2,1H3,(H,30,31). The van der Waals surface area contributed by atoms with E-state index in [9.17, 15) is 14.7 Å². The van der Waals surface area contributed by atoms with E-state index in [1.807, 2.05) is 22.9 Å². The smallest absolute Gasteiger partial charge is 0.312 e. The van der Waals surface area contributed by atoms with Gasteiger partial charge in [-0.3, -0.25) is 14.3 Å². The van der Waals surface area contributed by atoms with Crippen LogP contribution in [-0.2, 0) is 11.3 Å². The fourth-order valence-corrected chi connectivity index (χ4v) is 3.85. The van der Waals surface area contributed by atoms with Gasteiger partial charge in [-0.25, -0.2) is 4.98 Å². The highest BCUT2D eigenvalue weighted by atomic mass is 35.5. The maximum absolute atomic E-state index is 12.8. The van der Waals surface area contributed by atoms with Crippen LogP contribution >= 0.6 is 11.6 Å². The summed E-state index contributed by atoms with van der Waals surface area (Å²) in [6.07, 6.45) is 6.05. The maximum Gasteiger partial charge on any atom is 0.312 e. The molecule has 1 aromatic carbocycles. The van der Waals surface area contributed by atoms with E-state index in [1.54, 1.807) is 28.9 Å². The number of fused-ring (bicyclic) bond motifs is 2. The lowest BCUT2D eigenvalue weighted by Crippen LogP contribution is -2.24. The Balaban J connectivity index is 1.54. The third-order valence-corrected chi connectivity index (χ3v) is 6.01. The van der Waals surface area contributed by atoms with Crippen LogP contribution in [0.3, 0.4) is 0 Å². The number of rotatable bonds is 7. The molecule has 0 radical (unpaired) electrons. The molecule has 0 saturated heterocycles. The number of carbonyl (C=O) groups is 1. The Morgan fingerprint density at radius 3 is 2.84 bits per heavy atom. The Labute approximate surface area is 188 Å².